The largest absolute Gasteiger partial charge is 0.497 e. The Hall–Kier alpha value is -3.21. The molecular weight excluding hydrogens is 330 g/mol. The Morgan fingerprint density at radius 2 is 1.54 bits per heavy atom. The molecule has 3 aromatic rings. The Morgan fingerprint density at radius 1 is 0.885 bits per heavy atom. The molecule has 3 rings (SSSR count). The number of benzene rings is 3. The molecule has 3 aromatic carbocycles. The molecule has 0 bridgehead atoms. The first-order valence-electron chi connectivity index (χ1n) is 8.16. The van der Waals surface area contributed by atoms with Crippen molar-refractivity contribution in [3.8, 4) is 11.5 Å². The standard InChI is InChI=1S/C21H21NO4/c1-22(14-9-11-15(24-2)12-10-14)19-13-18(21(23)26-4)16-7-5-6-8-17(16)20(19)25-3/h5-13H,1-4H3. The second-order valence-corrected chi connectivity index (χ2v) is 5.77. The zero-order chi connectivity index (χ0) is 18.7. The summed E-state index contributed by atoms with van der Waals surface area (Å²) < 4.78 is 15.9. The van der Waals surface area contributed by atoms with Gasteiger partial charge in [0, 0.05) is 23.5 Å². The van der Waals surface area contributed by atoms with Crippen LogP contribution >= 0.6 is 0 Å². The summed E-state index contributed by atoms with van der Waals surface area (Å²) in [5, 5.41) is 1.65. The zero-order valence-corrected chi connectivity index (χ0v) is 15.3. The summed E-state index contributed by atoms with van der Waals surface area (Å²) >= 11 is 0. The fourth-order valence-corrected chi connectivity index (χ4v) is 3.02. The van der Waals surface area contributed by atoms with E-state index in [2.05, 4.69) is 0 Å². The quantitative estimate of drug-likeness (QED) is 0.637. The van der Waals surface area contributed by atoms with Gasteiger partial charge in [0.05, 0.1) is 32.6 Å². The lowest BCUT2D eigenvalue weighted by atomic mass is 10.0. The van der Waals surface area contributed by atoms with E-state index >= 15 is 0 Å². The van der Waals surface area contributed by atoms with Crippen LogP contribution in [0, 0.1) is 0 Å². The third-order valence-corrected chi connectivity index (χ3v) is 4.41. The molecule has 5 nitrogen and oxygen atoms in total. The summed E-state index contributed by atoms with van der Waals surface area (Å²) in [5.41, 5.74) is 2.21. The number of methoxy groups -OCH3 is 3. The number of ether oxygens (including phenoxy) is 3. The number of carbonyl (C=O) groups excluding carboxylic acids is 1. The molecule has 0 heterocycles. The first-order chi connectivity index (χ1) is 12.6. The van der Waals surface area contributed by atoms with E-state index in [0.717, 1.165) is 27.9 Å². The molecule has 0 fully saturated rings. The van der Waals surface area contributed by atoms with Gasteiger partial charge >= 0.3 is 5.97 Å². The van der Waals surface area contributed by atoms with Crippen LogP contribution in [-0.2, 0) is 4.74 Å². The Morgan fingerprint density at radius 3 is 2.12 bits per heavy atom. The van der Waals surface area contributed by atoms with Crippen molar-refractivity contribution in [1.29, 1.82) is 0 Å². The molecule has 0 spiro atoms. The van der Waals surface area contributed by atoms with E-state index in [0.29, 0.717) is 11.3 Å². The number of esters is 1. The van der Waals surface area contributed by atoms with Crippen molar-refractivity contribution < 1.29 is 19.0 Å². The Kier molecular flexibility index (Phi) is 4.98. The third-order valence-electron chi connectivity index (χ3n) is 4.41. The number of hydrogen-bond acceptors (Lipinski definition) is 5. The van der Waals surface area contributed by atoms with Crippen LogP contribution in [0.15, 0.2) is 54.6 Å². The Balaban J connectivity index is 2.21. The van der Waals surface area contributed by atoms with E-state index in [-0.39, 0.29) is 5.97 Å². The molecule has 0 radical (unpaired) electrons. The van der Waals surface area contributed by atoms with Crippen molar-refractivity contribution in [3.63, 3.8) is 0 Å². The molecule has 0 saturated carbocycles. The second kappa shape index (κ2) is 7.35. The van der Waals surface area contributed by atoms with Crippen molar-refractivity contribution in [3.05, 3.63) is 60.2 Å². The maximum Gasteiger partial charge on any atom is 0.338 e. The molecule has 5 heteroatoms. The summed E-state index contributed by atoms with van der Waals surface area (Å²) in [6.07, 6.45) is 0. The lowest BCUT2D eigenvalue weighted by molar-refractivity contribution is 0.0603. The van der Waals surface area contributed by atoms with Crippen LogP contribution in [-0.4, -0.2) is 34.3 Å². The fourth-order valence-electron chi connectivity index (χ4n) is 3.02. The van der Waals surface area contributed by atoms with Gasteiger partial charge < -0.3 is 19.1 Å². The van der Waals surface area contributed by atoms with Gasteiger partial charge in [0.15, 0.2) is 0 Å². The van der Waals surface area contributed by atoms with Gasteiger partial charge in [0.2, 0.25) is 0 Å². The molecule has 0 aliphatic carbocycles. The third kappa shape index (κ3) is 3.04. The predicted molar refractivity (Wildman–Crippen MR) is 103 cm³/mol. The van der Waals surface area contributed by atoms with Crippen LogP contribution in [0.25, 0.3) is 10.8 Å². The second-order valence-electron chi connectivity index (χ2n) is 5.77. The predicted octanol–water partition coefficient (Wildman–Crippen LogP) is 4.41. The normalized spacial score (nSPS) is 10.5. The molecular formula is C21H21NO4. The average Bonchev–Trinajstić information content (AvgIpc) is 2.71. The minimum Gasteiger partial charge on any atom is -0.497 e. The van der Waals surface area contributed by atoms with Gasteiger partial charge in [0.25, 0.3) is 0 Å². The molecule has 0 aromatic heterocycles. The number of rotatable bonds is 5. The van der Waals surface area contributed by atoms with Crippen molar-refractivity contribution in [2.75, 3.05) is 33.3 Å². The van der Waals surface area contributed by atoms with Crippen LogP contribution in [0.2, 0.25) is 0 Å². The number of hydrogen-bond donors (Lipinski definition) is 0. The number of nitrogens with zero attached hydrogens (tertiary/aromatic N) is 1. The first-order valence-corrected chi connectivity index (χ1v) is 8.16. The monoisotopic (exact) mass is 351 g/mol. The van der Waals surface area contributed by atoms with E-state index in [9.17, 15) is 4.79 Å². The van der Waals surface area contributed by atoms with Gasteiger partial charge in [-0.15, -0.1) is 0 Å². The summed E-state index contributed by atoms with van der Waals surface area (Å²) in [6.45, 7) is 0. The summed E-state index contributed by atoms with van der Waals surface area (Å²) in [4.78, 5) is 14.3. The highest BCUT2D eigenvalue weighted by atomic mass is 16.5. The van der Waals surface area contributed by atoms with E-state index in [4.69, 9.17) is 14.2 Å². The van der Waals surface area contributed by atoms with Crippen LogP contribution < -0.4 is 14.4 Å². The summed E-state index contributed by atoms with van der Waals surface area (Å²) in [7, 11) is 6.57. The topological polar surface area (TPSA) is 48.0 Å². The van der Waals surface area contributed by atoms with E-state index in [1.54, 1.807) is 20.3 Å². The molecule has 26 heavy (non-hydrogen) atoms. The van der Waals surface area contributed by atoms with Crippen molar-refractivity contribution in [2.24, 2.45) is 0 Å². The molecule has 0 atom stereocenters. The highest BCUT2D eigenvalue weighted by molar-refractivity contribution is 6.09. The van der Waals surface area contributed by atoms with Crippen LogP contribution in [0.3, 0.4) is 0 Å². The van der Waals surface area contributed by atoms with Crippen LogP contribution in [0.5, 0.6) is 11.5 Å². The molecule has 0 aliphatic heterocycles. The van der Waals surface area contributed by atoms with Crippen molar-refractivity contribution in [1.82, 2.24) is 0 Å². The Labute approximate surface area is 152 Å². The lowest BCUT2D eigenvalue weighted by Crippen LogP contribution is -2.13. The fraction of sp³-hybridized carbons (Fsp3) is 0.190. The van der Waals surface area contributed by atoms with Gasteiger partial charge in [-0.25, -0.2) is 4.79 Å². The van der Waals surface area contributed by atoms with Crippen LogP contribution in [0.4, 0.5) is 11.4 Å². The molecule has 0 saturated heterocycles. The van der Waals surface area contributed by atoms with Crippen LogP contribution in [0.1, 0.15) is 10.4 Å². The minimum atomic E-state index is -0.381. The molecule has 0 amide bonds. The van der Waals surface area contributed by atoms with Crippen molar-refractivity contribution >= 4 is 28.1 Å². The number of fused-ring (bicyclic) bond motifs is 1. The number of carbonyl (C=O) groups is 1. The first kappa shape index (κ1) is 17.6. The lowest BCUT2D eigenvalue weighted by Gasteiger charge is -2.24. The molecule has 0 N–H and O–H groups in total. The highest BCUT2D eigenvalue weighted by Crippen LogP contribution is 2.41. The van der Waals surface area contributed by atoms with Gasteiger partial charge in [0.1, 0.15) is 11.5 Å². The minimum absolute atomic E-state index is 0.381. The molecule has 134 valence electrons. The summed E-state index contributed by atoms with van der Waals surface area (Å²) in [6, 6.07) is 17.1. The van der Waals surface area contributed by atoms with Gasteiger partial charge in [-0.3, -0.25) is 0 Å². The highest BCUT2D eigenvalue weighted by Gasteiger charge is 2.20. The van der Waals surface area contributed by atoms with Gasteiger partial charge in [-0.05, 0) is 30.3 Å². The van der Waals surface area contributed by atoms with Gasteiger partial charge in [-0.2, -0.15) is 0 Å². The van der Waals surface area contributed by atoms with E-state index in [1.807, 2.05) is 60.5 Å². The van der Waals surface area contributed by atoms with Gasteiger partial charge in [-0.1, -0.05) is 24.3 Å². The van der Waals surface area contributed by atoms with E-state index in [1.165, 1.54) is 7.11 Å². The molecule has 0 aliphatic rings. The summed E-state index contributed by atoms with van der Waals surface area (Å²) in [5.74, 6) is 1.10. The SMILES string of the molecule is COC(=O)c1cc(N(C)c2ccc(OC)cc2)c(OC)c2ccccc12. The molecule has 0 unspecified atom stereocenters. The zero-order valence-electron chi connectivity index (χ0n) is 15.3. The average molecular weight is 351 g/mol. The van der Waals surface area contributed by atoms with Crippen molar-refractivity contribution in [2.45, 2.75) is 0 Å². The number of anilines is 2. The Bertz CT molecular complexity index is 935. The maximum atomic E-state index is 12.3. The smallest absolute Gasteiger partial charge is 0.338 e. The van der Waals surface area contributed by atoms with E-state index < -0.39 is 0 Å². The maximum absolute atomic E-state index is 12.3.